The molecule has 1 heterocycles. The zero-order valence-electron chi connectivity index (χ0n) is 10.3. The minimum absolute atomic E-state index is 0.292. The average Bonchev–Trinajstić information content (AvgIpc) is 2.38. The molecular formula is C14H16N2O2. The number of nitrogens with one attached hydrogen (secondary N) is 1. The summed E-state index contributed by atoms with van der Waals surface area (Å²) < 4.78 is 0. The van der Waals surface area contributed by atoms with Gasteiger partial charge < -0.3 is 10.4 Å². The van der Waals surface area contributed by atoms with Gasteiger partial charge in [0.15, 0.2) is 0 Å². The number of anilines is 1. The van der Waals surface area contributed by atoms with Crippen molar-refractivity contribution in [2.24, 2.45) is 0 Å². The summed E-state index contributed by atoms with van der Waals surface area (Å²) in [6, 6.07) is 8.77. The fraction of sp³-hybridized carbons (Fsp3) is 0.286. The Hall–Kier alpha value is -2.10. The first kappa shape index (κ1) is 12.4. The van der Waals surface area contributed by atoms with Crippen LogP contribution < -0.4 is 5.32 Å². The first-order valence-corrected chi connectivity index (χ1v) is 6.09. The first-order valence-electron chi connectivity index (χ1n) is 6.09. The van der Waals surface area contributed by atoms with Crippen LogP contribution in [0.1, 0.15) is 30.1 Å². The maximum Gasteiger partial charge on any atom is 0.336 e. The molecule has 0 saturated carbocycles. The van der Waals surface area contributed by atoms with E-state index in [-0.39, 0.29) is 0 Å². The van der Waals surface area contributed by atoms with E-state index in [1.165, 1.54) is 0 Å². The Balaban J connectivity index is 2.32. The second kappa shape index (κ2) is 5.49. The van der Waals surface area contributed by atoms with Gasteiger partial charge in [-0.3, -0.25) is 0 Å². The number of aromatic carboxylic acids is 1. The van der Waals surface area contributed by atoms with Crippen molar-refractivity contribution >= 4 is 22.7 Å². The third-order valence-corrected chi connectivity index (χ3v) is 2.80. The van der Waals surface area contributed by atoms with Crippen LogP contribution in [0.4, 0.5) is 5.82 Å². The van der Waals surface area contributed by atoms with Crippen molar-refractivity contribution in [3.05, 3.63) is 35.9 Å². The predicted molar refractivity (Wildman–Crippen MR) is 72.1 cm³/mol. The maximum absolute atomic E-state index is 11.1. The highest BCUT2D eigenvalue weighted by molar-refractivity contribution is 6.02. The minimum atomic E-state index is -0.922. The molecule has 94 valence electrons. The number of nitrogens with zero attached hydrogens (tertiary/aromatic N) is 1. The highest BCUT2D eigenvalue weighted by atomic mass is 16.4. The Bertz CT molecular complexity index is 567. The first-order chi connectivity index (χ1) is 8.72. The SMILES string of the molecule is CCCCNc1ccc2c(C(=O)O)cccc2n1. The molecule has 0 atom stereocenters. The number of hydrogen-bond acceptors (Lipinski definition) is 3. The molecule has 0 spiro atoms. The van der Waals surface area contributed by atoms with Crippen molar-refractivity contribution in [3.63, 3.8) is 0 Å². The molecule has 0 amide bonds. The quantitative estimate of drug-likeness (QED) is 0.793. The Labute approximate surface area is 106 Å². The van der Waals surface area contributed by atoms with Gasteiger partial charge in [-0.2, -0.15) is 0 Å². The predicted octanol–water partition coefficient (Wildman–Crippen LogP) is 3.15. The van der Waals surface area contributed by atoms with Gasteiger partial charge in [0, 0.05) is 11.9 Å². The van der Waals surface area contributed by atoms with E-state index in [9.17, 15) is 4.79 Å². The molecule has 1 aromatic carbocycles. The maximum atomic E-state index is 11.1. The highest BCUT2D eigenvalue weighted by Gasteiger charge is 2.08. The molecule has 0 aliphatic carbocycles. The molecule has 0 aliphatic heterocycles. The second-order valence-corrected chi connectivity index (χ2v) is 4.15. The van der Waals surface area contributed by atoms with E-state index in [0.717, 1.165) is 25.2 Å². The van der Waals surface area contributed by atoms with Gasteiger partial charge in [-0.25, -0.2) is 9.78 Å². The smallest absolute Gasteiger partial charge is 0.336 e. The number of carbonyl (C=O) groups is 1. The molecule has 2 aromatic rings. The molecule has 0 saturated heterocycles. The molecule has 0 bridgehead atoms. The number of pyridine rings is 1. The van der Waals surface area contributed by atoms with Gasteiger partial charge in [0.2, 0.25) is 0 Å². The molecule has 0 aliphatic rings. The lowest BCUT2D eigenvalue weighted by Crippen LogP contribution is -2.03. The van der Waals surface area contributed by atoms with Crippen LogP contribution in [0.5, 0.6) is 0 Å². The Kier molecular flexibility index (Phi) is 3.77. The van der Waals surface area contributed by atoms with Gasteiger partial charge in [-0.15, -0.1) is 0 Å². The summed E-state index contributed by atoms with van der Waals surface area (Å²) in [5.41, 5.74) is 0.997. The summed E-state index contributed by atoms with van der Waals surface area (Å²) in [7, 11) is 0. The van der Waals surface area contributed by atoms with Crippen molar-refractivity contribution in [1.29, 1.82) is 0 Å². The third kappa shape index (κ3) is 2.59. The summed E-state index contributed by atoms with van der Waals surface area (Å²) in [6.45, 7) is 3.02. The topological polar surface area (TPSA) is 62.2 Å². The van der Waals surface area contributed by atoms with Crippen LogP contribution >= 0.6 is 0 Å². The summed E-state index contributed by atoms with van der Waals surface area (Å²) >= 11 is 0. The number of unbranched alkanes of at least 4 members (excludes halogenated alkanes) is 1. The van der Waals surface area contributed by atoms with Crippen LogP contribution in [0, 0.1) is 0 Å². The molecule has 0 radical (unpaired) electrons. The number of rotatable bonds is 5. The Morgan fingerprint density at radius 1 is 1.33 bits per heavy atom. The molecule has 4 nitrogen and oxygen atoms in total. The zero-order chi connectivity index (χ0) is 13.0. The summed E-state index contributed by atoms with van der Waals surface area (Å²) in [5.74, 6) is -0.132. The highest BCUT2D eigenvalue weighted by Crippen LogP contribution is 2.19. The molecule has 18 heavy (non-hydrogen) atoms. The fourth-order valence-corrected chi connectivity index (χ4v) is 1.83. The molecule has 2 rings (SSSR count). The van der Waals surface area contributed by atoms with Crippen LogP contribution in [-0.4, -0.2) is 22.6 Å². The van der Waals surface area contributed by atoms with Crippen molar-refractivity contribution in [2.45, 2.75) is 19.8 Å². The van der Waals surface area contributed by atoms with Gasteiger partial charge in [0.05, 0.1) is 11.1 Å². The molecule has 0 fully saturated rings. The van der Waals surface area contributed by atoms with Crippen LogP contribution in [0.3, 0.4) is 0 Å². The van der Waals surface area contributed by atoms with Gasteiger partial charge in [-0.05, 0) is 30.7 Å². The van der Waals surface area contributed by atoms with E-state index < -0.39 is 5.97 Å². The second-order valence-electron chi connectivity index (χ2n) is 4.15. The molecule has 2 N–H and O–H groups in total. The van der Waals surface area contributed by atoms with Crippen molar-refractivity contribution in [2.75, 3.05) is 11.9 Å². The summed E-state index contributed by atoms with van der Waals surface area (Å²) in [6.07, 6.45) is 2.22. The van der Waals surface area contributed by atoms with E-state index >= 15 is 0 Å². The number of fused-ring (bicyclic) bond motifs is 1. The fourth-order valence-electron chi connectivity index (χ4n) is 1.83. The number of hydrogen-bond donors (Lipinski definition) is 2. The van der Waals surface area contributed by atoms with E-state index in [1.807, 2.05) is 12.1 Å². The van der Waals surface area contributed by atoms with Crippen LogP contribution in [0.25, 0.3) is 10.9 Å². The molecule has 0 unspecified atom stereocenters. The number of aromatic nitrogens is 1. The average molecular weight is 244 g/mol. The summed E-state index contributed by atoms with van der Waals surface area (Å²) in [4.78, 5) is 15.5. The van der Waals surface area contributed by atoms with Crippen LogP contribution in [0.15, 0.2) is 30.3 Å². The van der Waals surface area contributed by atoms with Gasteiger partial charge in [0.1, 0.15) is 5.82 Å². The minimum Gasteiger partial charge on any atom is -0.478 e. The van der Waals surface area contributed by atoms with Crippen molar-refractivity contribution < 1.29 is 9.90 Å². The molecular weight excluding hydrogens is 228 g/mol. The Morgan fingerprint density at radius 2 is 2.17 bits per heavy atom. The lowest BCUT2D eigenvalue weighted by atomic mass is 10.1. The largest absolute Gasteiger partial charge is 0.478 e. The van der Waals surface area contributed by atoms with E-state index in [2.05, 4.69) is 17.2 Å². The molecule has 4 heteroatoms. The van der Waals surface area contributed by atoms with Gasteiger partial charge >= 0.3 is 5.97 Å². The zero-order valence-corrected chi connectivity index (χ0v) is 10.3. The normalized spacial score (nSPS) is 10.5. The van der Waals surface area contributed by atoms with E-state index in [1.54, 1.807) is 18.2 Å². The lowest BCUT2D eigenvalue weighted by Gasteiger charge is -2.07. The van der Waals surface area contributed by atoms with Crippen LogP contribution in [0.2, 0.25) is 0 Å². The standard InChI is InChI=1S/C14H16N2O2/c1-2-3-9-15-13-8-7-10-11(14(17)18)5-4-6-12(10)16-13/h4-8H,2-3,9H2,1H3,(H,15,16)(H,17,18). The van der Waals surface area contributed by atoms with Crippen LogP contribution in [-0.2, 0) is 0 Å². The summed E-state index contributed by atoms with van der Waals surface area (Å²) in [5, 5.41) is 13.0. The number of benzene rings is 1. The van der Waals surface area contributed by atoms with Gasteiger partial charge in [0.25, 0.3) is 0 Å². The lowest BCUT2D eigenvalue weighted by molar-refractivity contribution is 0.0699. The van der Waals surface area contributed by atoms with E-state index in [0.29, 0.717) is 16.5 Å². The third-order valence-electron chi connectivity index (χ3n) is 2.80. The Morgan fingerprint density at radius 3 is 2.89 bits per heavy atom. The molecule has 1 aromatic heterocycles. The van der Waals surface area contributed by atoms with Gasteiger partial charge in [-0.1, -0.05) is 19.4 Å². The van der Waals surface area contributed by atoms with E-state index in [4.69, 9.17) is 5.11 Å². The number of carboxylic acid groups (broad SMARTS) is 1. The van der Waals surface area contributed by atoms with Crippen molar-refractivity contribution in [3.8, 4) is 0 Å². The monoisotopic (exact) mass is 244 g/mol. The van der Waals surface area contributed by atoms with Crippen molar-refractivity contribution in [1.82, 2.24) is 4.98 Å². The number of carboxylic acids is 1.